The van der Waals surface area contributed by atoms with Gasteiger partial charge >= 0.3 is 0 Å². The number of amides is 1. The molecule has 0 aliphatic carbocycles. The smallest absolute Gasteiger partial charge is 0.271 e. The number of rotatable bonds is 7. The fourth-order valence-corrected chi connectivity index (χ4v) is 4.60. The normalized spacial score (nSPS) is 17.1. The van der Waals surface area contributed by atoms with Gasteiger partial charge in [0, 0.05) is 43.5 Å². The molecule has 2 saturated heterocycles. The molecule has 1 aromatic carbocycles. The van der Waals surface area contributed by atoms with E-state index in [9.17, 15) is 9.90 Å². The molecule has 3 aromatic heterocycles. The van der Waals surface area contributed by atoms with E-state index in [-0.39, 0.29) is 18.2 Å². The zero-order chi connectivity index (χ0) is 25.4. The standard InChI is InChI=1S/C26H29N7O4/c1-18-3-2-4-19(11-18)20-5-6-32(29-20)22-13-24(31-7-9-36-10-8-31)33-23(28-22)12-21(30-33)25(35)27-14-26(15-34)16-37-17-26/h2-6,11-13,34H,7-10,14-17H2,1H3,(H,27,35). The Bertz CT molecular complexity index is 1430. The number of ether oxygens (including phenoxy) is 2. The van der Waals surface area contributed by atoms with Crippen LogP contribution in [0.25, 0.3) is 22.7 Å². The van der Waals surface area contributed by atoms with Gasteiger partial charge in [0.2, 0.25) is 0 Å². The Labute approximate surface area is 213 Å². The van der Waals surface area contributed by atoms with Crippen molar-refractivity contribution in [3.05, 3.63) is 59.9 Å². The number of nitrogens with one attached hydrogen (secondary N) is 1. The molecule has 2 aliphatic rings. The molecule has 4 aromatic rings. The first-order valence-electron chi connectivity index (χ1n) is 12.4. The lowest BCUT2D eigenvalue weighted by molar-refractivity contribution is -0.133. The number of aromatic nitrogens is 5. The van der Waals surface area contributed by atoms with E-state index < -0.39 is 5.41 Å². The Morgan fingerprint density at radius 2 is 1.95 bits per heavy atom. The summed E-state index contributed by atoms with van der Waals surface area (Å²) in [6.07, 6.45) is 1.89. The molecular weight excluding hydrogens is 474 g/mol. The summed E-state index contributed by atoms with van der Waals surface area (Å²) >= 11 is 0. The molecule has 5 heterocycles. The number of hydrogen-bond acceptors (Lipinski definition) is 8. The van der Waals surface area contributed by atoms with Gasteiger partial charge < -0.3 is 24.8 Å². The van der Waals surface area contributed by atoms with Crippen molar-refractivity contribution in [3.63, 3.8) is 0 Å². The van der Waals surface area contributed by atoms with E-state index >= 15 is 0 Å². The molecular formula is C26H29N7O4. The third kappa shape index (κ3) is 4.57. The second-order valence-electron chi connectivity index (χ2n) is 9.72. The Morgan fingerprint density at radius 3 is 2.68 bits per heavy atom. The van der Waals surface area contributed by atoms with Gasteiger partial charge in [0.15, 0.2) is 17.2 Å². The molecule has 2 aliphatic heterocycles. The maximum atomic E-state index is 13.0. The fraction of sp³-hybridized carbons (Fsp3) is 0.385. The topological polar surface area (TPSA) is 119 Å². The van der Waals surface area contributed by atoms with Gasteiger partial charge in [-0.15, -0.1) is 0 Å². The molecule has 6 rings (SSSR count). The van der Waals surface area contributed by atoms with Crippen LogP contribution in [0.4, 0.5) is 5.82 Å². The van der Waals surface area contributed by atoms with Crippen LogP contribution in [-0.4, -0.2) is 88.1 Å². The molecule has 0 spiro atoms. The third-order valence-corrected chi connectivity index (χ3v) is 6.88. The lowest BCUT2D eigenvalue weighted by Crippen LogP contribution is -2.53. The molecule has 0 unspecified atom stereocenters. The van der Waals surface area contributed by atoms with Crippen molar-refractivity contribution in [2.45, 2.75) is 6.92 Å². The summed E-state index contributed by atoms with van der Waals surface area (Å²) in [5.74, 6) is 1.13. The number of hydrogen-bond donors (Lipinski definition) is 2. The minimum atomic E-state index is -0.422. The predicted molar refractivity (Wildman–Crippen MR) is 136 cm³/mol. The maximum absolute atomic E-state index is 13.0. The minimum absolute atomic E-state index is 0.0427. The molecule has 192 valence electrons. The molecule has 11 nitrogen and oxygen atoms in total. The average Bonchev–Trinajstić information content (AvgIpc) is 3.56. The average molecular weight is 504 g/mol. The highest BCUT2D eigenvalue weighted by Crippen LogP contribution is 2.26. The SMILES string of the molecule is Cc1cccc(-c2ccn(-c3cc(N4CCOCC4)n4nc(C(=O)NCC5(CO)COC5)cc4n3)n2)c1. The van der Waals surface area contributed by atoms with Crippen molar-refractivity contribution in [2.24, 2.45) is 5.41 Å². The summed E-state index contributed by atoms with van der Waals surface area (Å²) in [4.78, 5) is 19.9. The number of anilines is 1. The fourth-order valence-electron chi connectivity index (χ4n) is 4.60. The molecule has 0 bridgehead atoms. The highest BCUT2D eigenvalue weighted by atomic mass is 16.5. The third-order valence-electron chi connectivity index (χ3n) is 6.88. The Morgan fingerprint density at radius 1 is 1.11 bits per heavy atom. The quantitative estimate of drug-likeness (QED) is 0.389. The first kappa shape index (κ1) is 23.6. The van der Waals surface area contributed by atoms with Gasteiger partial charge in [-0.05, 0) is 19.1 Å². The molecule has 11 heteroatoms. The largest absolute Gasteiger partial charge is 0.396 e. The minimum Gasteiger partial charge on any atom is -0.396 e. The van der Waals surface area contributed by atoms with Crippen LogP contribution in [0.15, 0.2) is 48.7 Å². The summed E-state index contributed by atoms with van der Waals surface area (Å²) < 4.78 is 14.2. The lowest BCUT2D eigenvalue weighted by Gasteiger charge is -2.39. The zero-order valence-electron chi connectivity index (χ0n) is 20.6. The van der Waals surface area contributed by atoms with Crippen molar-refractivity contribution < 1.29 is 19.4 Å². The van der Waals surface area contributed by atoms with Crippen LogP contribution in [-0.2, 0) is 9.47 Å². The van der Waals surface area contributed by atoms with Crippen molar-refractivity contribution >= 4 is 17.4 Å². The first-order chi connectivity index (χ1) is 18.0. The summed E-state index contributed by atoms with van der Waals surface area (Å²) in [5.41, 5.74) is 3.43. The van der Waals surface area contributed by atoms with Crippen LogP contribution in [0, 0.1) is 12.3 Å². The van der Waals surface area contributed by atoms with E-state index in [0.717, 1.165) is 17.1 Å². The van der Waals surface area contributed by atoms with Crippen LogP contribution >= 0.6 is 0 Å². The van der Waals surface area contributed by atoms with Crippen LogP contribution in [0.3, 0.4) is 0 Å². The monoisotopic (exact) mass is 503 g/mol. The van der Waals surface area contributed by atoms with Gasteiger partial charge in [0.1, 0.15) is 5.82 Å². The summed E-state index contributed by atoms with van der Waals surface area (Å²) in [6.45, 7) is 5.81. The van der Waals surface area contributed by atoms with Crippen LogP contribution in [0.2, 0.25) is 0 Å². The number of aliphatic hydroxyl groups excluding tert-OH is 1. The van der Waals surface area contributed by atoms with E-state index in [1.54, 1.807) is 15.3 Å². The number of carbonyl (C=O) groups excluding carboxylic acids is 1. The van der Waals surface area contributed by atoms with Gasteiger partial charge in [0.25, 0.3) is 5.91 Å². The molecule has 2 fully saturated rings. The van der Waals surface area contributed by atoms with Crippen molar-refractivity contribution in [2.75, 3.05) is 57.6 Å². The Balaban J connectivity index is 1.35. The summed E-state index contributed by atoms with van der Waals surface area (Å²) in [5, 5.41) is 21.9. The Hall–Kier alpha value is -3.80. The lowest BCUT2D eigenvalue weighted by atomic mass is 9.87. The van der Waals surface area contributed by atoms with Crippen LogP contribution < -0.4 is 10.2 Å². The maximum Gasteiger partial charge on any atom is 0.271 e. The van der Waals surface area contributed by atoms with Crippen molar-refractivity contribution in [1.82, 2.24) is 29.7 Å². The second kappa shape index (κ2) is 9.58. The second-order valence-corrected chi connectivity index (χ2v) is 9.72. The van der Waals surface area contributed by atoms with Crippen molar-refractivity contribution in [3.8, 4) is 17.1 Å². The number of carbonyl (C=O) groups is 1. The van der Waals surface area contributed by atoms with Gasteiger partial charge in [0.05, 0.1) is 44.1 Å². The van der Waals surface area contributed by atoms with Crippen LogP contribution in [0.5, 0.6) is 0 Å². The zero-order valence-corrected chi connectivity index (χ0v) is 20.6. The number of benzene rings is 1. The van der Waals surface area contributed by atoms with Gasteiger partial charge in [-0.3, -0.25) is 4.79 Å². The first-order valence-corrected chi connectivity index (χ1v) is 12.4. The van der Waals surface area contributed by atoms with E-state index in [4.69, 9.17) is 19.6 Å². The number of aryl methyl sites for hydroxylation is 1. The number of aliphatic hydroxyl groups is 1. The summed E-state index contributed by atoms with van der Waals surface area (Å²) in [7, 11) is 0. The highest BCUT2D eigenvalue weighted by molar-refractivity contribution is 5.93. The van der Waals surface area contributed by atoms with Crippen LogP contribution in [0.1, 0.15) is 16.1 Å². The number of morpholine rings is 1. The summed E-state index contributed by atoms with van der Waals surface area (Å²) in [6, 6.07) is 13.8. The predicted octanol–water partition coefficient (Wildman–Crippen LogP) is 1.47. The highest BCUT2D eigenvalue weighted by Gasteiger charge is 2.38. The molecule has 0 radical (unpaired) electrons. The number of fused-ring (bicyclic) bond motifs is 1. The van der Waals surface area contributed by atoms with Gasteiger partial charge in [-0.2, -0.15) is 14.7 Å². The van der Waals surface area contributed by atoms with E-state index in [1.165, 1.54) is 5.56 Å². The van der Waals surface area contributed by atoms with E-state index in [0.29, 0.717) is 57.5 Å². The molecule has 2 N–H and O–H groups in total. The Kier molecular flexibility index (Phi) is 6.11. The molecule has 37 heavy (non-hydrogen) atoms. The van der Waals surface area contributed by atoms with Gasteiger partial charge in [-0.1, -0.05) is 23.8 Å². The molecule has 0 saturated carbocycles. The van der Waals surface area contributed by atoms with E-state index in [2.05, 4.69) is 34.4 Å². The number of nitrogens with zero attached hydrogens (tertiary/aromatic N) is 6. The van der Waals surface area contributed by atoms with Crippen molar-refractivity contribution in [1.29, 1.82) is 0 Å². The van der Waals surface area contributed by atoms with Gasteiger partial charge in [-0.25, -0.2) is 9.67 Å². The molecule has 0 atom stereocenters. The molecule has 1 amide bonds. The van der Waals surface area contributed by atoms with E-state index in [1.807, 2.05) is 30.5 Å².